The fourth-order valence-corrected chi connectivity index (χ4v) is 17.1. The van der Waals surface area contributed by atoms with E-state index in [0.29, 0.717) is 65.2 Å². The van der Waals surface area contributed by atoms with E-state index in [9.17, 15) is 115 Å². The zero-order valence-corrected chi connectivity index (χ0v) is 87.5. The molecule has 0 radical (unpaired) electrons. The molecular formula is C102H162N16O24. The van der Waals surface area contributed by atoms with Crippen LogP contribution in [0.3, 0.4) is 0 Å². The van der Waals surface area contributed by atoms with E-state index in [1.807, 2.05) is 41.5 Å². The molecule has 40 nitrogen and oxygen atoms in total. The first-order valence-electron chi connectivity index (χ1n) is 51.4. The van der Waals surface area contributed by atoms with E-state index in [4.69, 9.17) is 0 Å². The maximum Gasteiger partial charge on any atom is 0.334 e. The quantitative estimate of drug-likeness (QED) is 0.0350. The van der Waals surface area contributed by atoms with Crippen LogP contribution in [0, 0.1) is 22.7 Å². The van der Waals surface area contributed by atoms with Gasteiger partial charge in [0.2, 0.25) is 94.5 Å². The lowest BCUT2D eigenvalue weighted by Crippen LogP contribution is -2.61. The molecular weight excluding hydrogens is 1830 g/mol. The summed E-state index contributed by atoms with van der Waals surface area (Å²) in [4.78, 5) is 299. The van der Waals surface area contributed by atoms with Crippen molar-refractivity contribution in [3.8, 4) is 0 Å². The Morgan fingerprint density at radius 3 is 0.831 bits per heavy atom. The number of rotatable bonds is 35. The van der Waals surface area contributed by atoms with Crippen LogP contribution in [0.25, 0.3) is 0 Å². The van der Waals surface area contributed by atoms with Crippen molar-refractivity contribution in [2.75, 3.05) is 79.5 Å². The lowest BCUT2D eigenvalue weighted by Gasteiger charge is -2.42. The van der Waals surface area contributed by atoms with E-state index in [1.165, 1.54) is 128 Å². The average Bonchev–Trinajstić information content (AvgIpc) is 0.778. The van der Waals surface area contributed by atoms with Gasteiger partial charge in [-0.15, -0.1) is 13.2 Å². The van der Waals surface area contributed by atoms with E-state index in [0.717, 1.165) is 171 Å². The summed E-state index contributed by atoms with van der Waals surface area (Å²) < 4.78 is 0. The highest BCUT2D eigenvalue weighted by atomic mass is 16.3. The van der Waals surface area contributed by atoms with Crippen molar-refractivity contribution in [3.63, 3.8) is 0 Å². The Labute approximate surface area is 838 Å². The van der Waals surface area contributed by atoms with Gasteiger partial charge in [0.05, 0.1) is 0 Å². The molecule has 11 rings (SSSR count). The first-order chi connectivity index (χ1) is 67.0. The Morgan fingerprint density at radius 1 is 0.282 bits per heavy atom. The Kier molecular flexibility index (Phi) is 53.0. The molecule has 3 saturated carbocycles. The van der Waals surface area contributed by atoms with Gasteiger partial charge in [-0.3, -0.25) is 156 Å². The summed E-state index contributed by atoms with van der Waals surface area (Å²) in [5.74, 6) is -5.65. The number of amides is 32. The van der Waals surface area contributed by atoms with Crippen molar-refractivity contribution in [3.05, 3.63) is 25.3 Å². The molecule has 2 unspecified atom stereocenters. The van der Waals surface area contributed by atoms with Crippen LogP contribution in [0.15, 0.2) is 25.3 Å². The van der Waals surface area contributed by atoms with Crippen molar-refractivity contribution in [2.45, 2.75) is 378 Å². The minimum atomic E-state index is -0.601. The summed E-state index contributed by atoms with van der Waals surface area (Å²) in [6, 6.07) is -3.77. The Morgan fingerprint density at radius 2 is 0.535 bits per heavy atom. The molecule has 40 heteroatoms. The van der Waals surface area contributed by atoms with E-state index < -0.39 is 71.8 Å². The molecule has 2 atom stereocenters. The van der Waals surface area contributed by atoms with Gasteiger partial charge in [0.1, 0.15) is 51.4 Å². The number of hydrogen-bond acceptors (Lipinski definition) is 24. The zero-order valence-electron chi connectivity index (χ0n) is 87.5. The second-order valence-corrected chi connectivity index (χ2v) is 40.4. The Balaban J connectivity index is 0.000000342. The van der Waals surface area contributed by atoms with Crippen LogP contribution in [0.4, 0.5) is 38.4 Å². The van der Waals surface area contributed by atoms with Gasteiger partial charge in [-0.05, 0) is 99.7 Å². The molecule has 8 saturated heterocycles. The molecule has 0 aromatic carbocycles. The smallest absolute Gasteiger partial charge is 0.277 e. The van der Waals surface area contributed by atoms with Crippen molar-refractivity contribution in [2.24, 2.45) is 22.7 Å². The summed E-state index contributed by atoms with van der Waals surface area (Å²) in [5.41, 5.74) is 0.0799. The molecule has 8 heterocycles. The zero-order chi connectivity index (χ0) is 107. The minimum Gasteiger partial charge on any atom is -0.277 e. The van der Waals surface area contributed by atoms with Crippen LogP contribution in [-0.2, 0) is 76.7 Å². The largest absolute Gasteiger partial charge is 0.334 e. The first-order valence-corrected chi connectivity index (χ1v) is 51.4. The first kappa shape index (κ1) is 123. The van der Waals surface area contributed by atoms with Gasteiger partial charge in [-0.1, -0.05) is 244 Å². The molecule has 142 heavy (non-hydrogen) atoms. The van der Waals surface area contributed by atoms with Gasteiger partial charge in [-0.2, -0.15) is 0 Å². The van der Waals surface area contributed by atoms with Crippen LogP contribution < -0.4 is 5.32 Å². The maximum absolute atomic E-state index is 12.8. The lowest BCUT2D eigenvalue weighted by molar-refractivity contribution is -0.147. The van der Waals surface area contributed by atoms with Gasteiger partial charge in [0.25, 0.3) is 0 Å². The molecule has 8 aliphatic heterocycles. The number of hydrogen-bond donors (Lipinski definition) is 1. The number of nitrogens with zero attached hydrogens (tertiary/aromatic N) is 15. The number of nitrogens with one attached hydrogen (secondary N) is 1. The topological polar surface area (TPSA) is 470 Å². The summed E-state index contributed by atoms with van der Waals surface area (Å²) in [6.07, 6.45) is 34.6. The van der Waals surface area contributed by atoms with E-state index in [1.54, 1.807) is 0 Å². The van der Waals surface area contributed by atoms with Gasteiger partial charge in [0, 0.05) is 97.7 Å². The highest BCUT2D eigenvalue weighted by Gasteiger charge is 2.48. The fourth-order valence-electron chi connectivity index (χ4n) is 17.1. The number of carbonyl (C=O) groups excluding carboxylic acids is 24. The Bertz CT molecular complexity index is 4220. The van der Waals surface area contributed by atoms with E-state index in [-0.39, 0.29) is 176 Å². The predicted octanol–water partition coefficient (Wildman–Crippen LogP) is 14.8. The van der Waals surface area contributed by atoms with Crippen LogP contribution in [-0.4, -0.2) is 314 Å². The molecule has 0 spiro atoms. The van der Waals surface area contributed by atoms with Crippen molar-refractivity contribution in [1.82, 2.24) is 78.8 Å². The number of unbranched alkanes of at least 4 members (excludes halogenated alkanes) is 10. The summed E-state index contributed by atoms with van der Waals surface area (Å²) in [5, 5.41) is 2.18. The highest BCUT2D eigenvalue weighted by molar-refractivity contribution is 6.19. The molecule has 0 aromatic rings. The third-order valence-corrected chi connectivity index (χ3v) is 26.1. The van der Waals surface area contributed by atoms with Crippen molar-refractivity contribution in [1.29, 1.82) is 0 Å². The number of urea groups is 8. The molecule has 11 fully saturated rings. The third-order valence-electron chi connectivity index (χ3n) is 26.1. The molecule has 0 bridgehead atoms. The van der Waals surface area contributed by atoms with Crippen LogP contribution in [0.5, 0.6) is 0 Å². The molecule has 3 aliphatic carbocycles. The summed E-state index contributed by atoms with van der Waals surface area (Å²) >= 11 is 0. The van der Waals surface area contributed by atoms with E-state index >= 15 is 0 Å². The second-order valence-electron chi connectivity index (χ2n) is 40.4. The minimum absolute atomic E-state index is 0.000602. The normalized spacial score (nSPS) is 19.6. The SMILES string of the molecule is C=CCN1C(=O)CC(=O)N(CC=C)C1=O.CC(C)(C)CCN1C(=O)CC(=O)N(CCC(C)(C)C)C1=O.CCC(C)CN1C(=O)CC(=O)N(CC(C)CC)C1=O.CCCCCCCCN1C(=O)CC(=O)N(CCCCCCCC)C1=O.CCCN1C(=O)CC(=O)N(CCC)C1=O.CN1C(=O)CC(=O)N(C)C1=O.O=C1CC(=O)N(C2CCCCC2)C(=O)N1.O=C1CC(=O)N(C2CCCCC2)C(=O)N1C1CCCCC1. The molecule has 32 amide bonds. The average molecular weight is 2000 g/mol. The van der Waals surface area contributed by atoms with Crippen molar-refractivity contribution < 1.29 is 115 Å². The second kappa shape index (κ2) is 61.4. The van der Waals surface area contributed by atoms with Gasteiger partial charge >= 0.3 is 48.2 Å². The van der Waals surface area contributed by atoms with Crippen LogP contribution in [0.1, 0.15) is 360 Å². The number of imide groups is 16. The van der Waals surface area contributed by atoms with Gasteiger partial charge < -0.3 is 0 Å². The Hall–Kier alpha value is -11.6. The van der Waals surface area contributed by atoms with E-state index in [2.05, 4.69) is 73.9 Å². The number of carbonyl (C=O) groups is 24. The highest BCUT2D eigenvalue weighted by Crippen LogP contribution is 2.33. The molecule has 11 aliphatic rings. The van der Waals surface area contributed by atoms with Crippen LogP contribution in [0.2, 0.25) is 0 Å². The number of barbiturate groups is 8. The molecule has 794 valence electrons. The van der Waals surface area contributed by atoms with Crippen LogP contribution >= 0.6 is 0 Å². The van der Waals surface area contributed by atoms with Gasteiger partial charge in [-0.25, -0.2) is 38.4 Å². The molecule has 0 aromatic heterocycles. The lowest BCUT2D eigenvalue weighted by atomic mass is 9.91. The van der Waals surface area contributed by atoms with Gasteiger partial charge in [0.15, 0.2) is 0 Å². The summed E-state index contributed by atoms with van der Waals surface area (Å²) in [7, 11) is 2.71. The monoisotopic (exact) mass is 2000 g/mol. The standard InChI is InChI=1S/C20H36N2O3.C16H24N2O3.C16H28N2O3.C14H24N2O3.C10H14N2O3.C10H16N2O3.C10H12N2O3.C6H8N2O3/c1-3-5-7-9-11-13-15-21-18(23)17-19(24)22(20(21)25)16-14-12-10-8-6-4-2;19-14-11-15(20)18(13-9-5-2-6-10-13)16(21)17(14)12-7-3-1-4-8-12;1-15(2,3)7-9-17-12(19)11-13(20)18(14(17)21)10-8-16(4,5)6;1-5-10(3)8-15-12(17)7-13(18)16(14(15)19)9-11(4)6-2;13-8-6-9(14)12(10(15)11-8)7-4-2-1-3-5-7;2*1-3-5-11-8(13)7-9(14)12(6-4-2)10(11)15;1-7-4(9)3-5(10)8(2)6(7)11/h3-17H2,1-2H3;12-13H,1-11H2;7-11H2,1-6H3;10-11H,5-9H2,1-4H3;7H,1-6H2,(H,11,13,15);3-7H2,1-2H3;3-4H,1-2,5-7H2;3H2,1-2H3. The molecule has 1 N–H and O–H groups in total. The van der Waals surface area contributed by atoms with Crippen molar-refractivity contribution >= 4 is 143 Å². The maximum atomic E-state index is 12.8. The fraction of sp³-hybridized carbons (Fsp3) is 0.725. The predicted molar refractivity (Wildman–Crippen MR) is 527 cm³/mol. The third kappa shape index (κ3) is 38.6. The summed E-state index contributed by atoms with van der Waals surface area (Å²) in [6.45, 7) is 38.9.